The summed E-state index contributed by atoms with van der Waals surface area (Å²) in [6.45, 7) is 7.04. The third-order valence-electron chi connectivity index (χ3n) is 9.44. The molecule has 0 amide bonds. The van der Waals surface area contributed by atoms with Gasteiger partial charge in [0, 0.05) is 61.5 Å². The van der Waals surface area contributed by atoms with Crippen LogP contribution in [0.2, 0.25) is 0 Å². The lowest BCUT2D eigenvalue weighted by Gasteiger charge is -2.33. The standard InChI is InChI=1S/C18H22N6O.C13H18N6/c1-3-13(11-19-7-1)23-9-6-15-17(20-12-14-4-2-10-25-14)24-16(5-8-21-24)22-18(15)23;14-12-10-4-7-18(9-2-1-5-15-8-9)13(10)17-11-3-6-16-19(11)12/h2,4-5,8,10,13,19-20H,1,3,6-7,9,11-12H2;3,6,9,15H,1-2,4-5,7-8,14H2/t13-;9-/m00/s1. The first-order valence-electron chi connectivity index (χ1n) is 15.9. The molecule has 9 rings (SSSR count). The molecule has 0 spiro atoms. The molecule has 2 saturated heterocycles. The maximum atomic E-state index is 6.22. The fourth-order valence-corrected chi connectivity index (χ4v) is 7.25. The lowest BCUT2D eigenvalue weighted by molar-refractivity contribution is 0.436. The van der Waals surface area contributed by atoms with Gasteiger partial charge in [-0.3, -0.25) is 0 Å². The largest absolute Gasteiger partial charge is 0.467 e. The summed E-state index contributed by atoms with van der Waals surface area (Å²) in [5.74, 6) is 4.88. The second-order valence-electron chi connectivity index (χ2n) is 12.1. The number of hydrogen-bond donors (Lipinski definition) is 4. The monoisotopic (exact) mass is 596 g/mol. The van der Waals surface area contributed by atoms with E-state index in [0.717, 1.165) is 98.0 Å². The van der Waals surface area contributed by atoms with Crippen LogP contribution >= 0.6 is 0 Å². The summed E-state index contributed by atoms with van der Waals surface area (Å²) in [6.07, 6.45) is 12.2. The Bertz CT molecular complexity index is 1730. The molecule has 5 N–H and O–H groups in total. The number of nitrogens with two attached hydrogens (primary N) is 1. The van der Waals surface area contributed by atoms with E-state index in [0.29, 0.717) is 18.6 Å². The van der Waals surface area contributed by atoms with E-state index in [4.69, 9.17) is 20.1 Å². The lowest BCUT2D eigenvalue weighted by Crippen LogP contribution is -2.45. The fraction of sp³-hybridized carbons (Fsp3) is 0.484. The summed E-state index contributed by atoms with van der Waals surface area (Å²) in [4.78, 5) is 14.6. The highest BCUT2D eigenvalue weighted by molar-refractivity contribution is 5.69. The molecule has 5 aromatic rings. The molecule has 2 fully saturated rings. The number of nitrogens with zero attached hydrogens (tertiary/aromatic N) is 8. The Kier molecular flexibility index (Phi) is 7.18. The van der Waals surface area contributed by atoms with Crippen molar-refractivity contribution in [3.63, 3.8) is 0 Å². The molecule has 0 aliphatic carbocycles. The van der Waals surface area contributed by atoms with Gasteiger partial charge in [0.2, 0.25) is 0 Å². The topological polar surface area (TPSA) is 142 Å². The van der Waals surface area contributed by atoms with E-state index in [1.54, 1.807) is 17.0 Å². The summed E-state index contributed by atoms with van der Waals surface area (Å²) < 4.78 is 9.10. The van der Waals surface area contributed by atoms with Gasteiger partial charge in [0.25, 0.3) is 0 Å². The van der Waals surface area contributed by atoms with Crippen molar-refractivity contribution in [3.05, 3.63) is 59.8 Å². The molecule has 0 bridgehead atoms. The highest BCUT2D eigenvalue weighted by Gasteiger charge is 2.33. The minimum Gasteiger partial charge on any atom is -0.467 e. The number of hydrogen-bond acceptors (Lipinski definition) is 11. The summed E-state index contributed by atoms with van der Waals surface area (Å²) in [5.41, 5.74) is 10.4. The Balaban J connectivity index is 0.000000136. The van der Waals surface area contributed by atoms with Gasteiger partial charge < -0.3 is 35.9 Å². The normalized spacial score (nSPS) is 21.4. The molecular weight excluding hydrogens is 556 g/mol. The van der Waals surface area contributed by atoms with Crippen LogP contribution in [0, 0.1) is 0 Å². The van der Waals surface area contributed by atoms with Crippen molar-refractivity contribution < 1.29 is 4.42 Å². The number of aromatic nitrogens is 6. The zero-order valence-corrected chi connectivity index (χ0v) is 25.0. The first kappa shape index (κ1) is 27.2. The quantitative estimate of drug-likeness (QED) is 0.238. The van der Waals surface area contributed by atoms with E-state index in [1.165, 1.54) is 31.2 Å². The van der Waals surface area contributed by atoms with Gasteiger partial charge in [0.1, 0.15) is 29.0 Å². The first-order valence-corrected chi connectivity index (χ1v) is 15.9. The van der Waals surface area contributed by atoms with Gasteiger partial charge in [-0.25, -0.2) is 9.97 Å². The molecule has 0 unspecified atom stereocenters. The van der Waals surface area contributed by atoms with Crippen LogP contribution in [-0.2, 0) is 19.4 Å². The van der Waals surface area contributed by atoms with Gasteiger partial charge in [-0.05, 0) is 63.7 Å². The van der Waals surface area contributed by atoms with Gasteiger partial charge in [0.15, 0.2) is 11.3 Å². The molecule has 2 atom stereocenters. The third kappa shape index (κ3) is 4.89. The van der Waals surface area contributed by atoms with Crippen molar-refractivity contribution in [2.45, 2.75) is 57.2 Å². The van der Waals surface area contributed by atoms with Crippen molar-refractivity contribution >= 4 is 34.6 Å². The smallest absolute Gasteiger partial charge is 0.159 e. The Morgan fingerprint density at radius 1 is 0.841 bits per heavy atom. The van der Waals surface area contributed by atoms with E-state index in [2.05, 4.69) is 35.9 Å². The molecule has 4 aliphatic heterocycles. The highest BCUT2D eigenvalue weighted by Crippen LogP contribution is 2.36. The van der Waals surface area contributed by atoms with Crippen molar-refractivity contribution in [2.24, 2.45) is 0 Å². The number of fused-ring (bicyclic) bond motifs is 4. The van der Waals surface area contributed by atoms with E-state index >= 15 is 0 Å². The molecule has 13 nitrogen and oxygen atoms in total. The SMILES string of the molecule is Nc1c2c(nc3ccnn13)N([C@H]1CCCNC1)CC2.c1coc(CNc2c3c(nc4ccnn24)N([C@H]2CCCNC2)CC3)c1. The van der Waals surface area contributed by atoms with E-state index in [9.17, 15) is 0 Å². The van der Waals surface area contributed by atoms with Crippen LogP contribution in [0.5, 0.6) is 0 Å². The third-order valence-corrected chi connectivity index (χ3v) is 9.44. The number of nitrogen functional groups attached to an aromatic ring is 1. The van der Waals surface area contributed by atoms with Gasteiger partial charge in [-0.15, -0.1) is 0 Å². The molecule has 0 aromatic carbocycles. The van der Waals surface area contributed by atoms with E-state index in [-0.39, 0.29) is 0 Å². The average molecular weight is 597 g/mol. The van der Waals surface area contributed by atoms with Crippen LogP contribution in [0.1, 0.15) is 42.6 Å². The van der Waals surface area contributed by atoms with Gasteiger partial charge in [0.05, 0.1) is 25.2 Å². The zero-order valence-electron chi connectivity index (χ0n) is 25.0. The molecule has 230 valence electrons. The molecule has 0 saturated carbocycles. The van der Waals surface area contributed by atoms with Crippen LogP contribution in [0.15, 0.2) is 47.3 Å². The predicted octanol–water partition coefficient (Wildman–Crippen LogP) is 2.47. The molecular formula is C31H40N12O. The lowest BCUT2D eigenvalue weighted by atomic mass is 10.1. The van der Waals surface area contributed by atoms with Crippen molar-refractivity contribution in [1.82, 2.24) is 39.8 Å². The van der Waals surface area contributed by atoms with Crippen molar-refractivity contribution in [3.8, 4) is 0 Å². The van der Waals surface area contributed by atoms with Gasteiger partial charge in [-0.1, -0.05) is 0 Å². The van der Waals surface area contributed by atoms with Crippen LogP contribution in [0.3, 0.4) is 0 Å². The van der Waals surface area contributed by atoms with E-state index < -0.39 is 0 Å². The zero-order chi connectivity index (χ0) is 29.5. The Morgan fingerprint density at radius 2 is 1.48 bits per heavy atom. The summed E-state index contributed by atoms with van der Waals surface area (Å²) in [6, 6.07) is 8.85. The van der Waals surface area contributed by atoms with E-state index in [1.807, 2.05) is 35.0 Å². The Hall–Kier alpha value is -4.36. The van der Waals surface area contributed by atoms with Crippen molar-refractivity contribution in [1.29, 1.82) is 0 Å². The maximum Gasteiger partial charge on any atom is 0.159 e. The number of rotatable bonds is 5. The molecule has 4 aliphatic rings. The fourth-order valence-electron chi connectivity index (χ4n) is 7.25. The number of furan rings is 1. The minimum atomic E-state index is 0.533. The van der Waals surface area contributed by atoms with Gasteiger partial charge >= 0.3 is 0 Å². The number of nitrogens with one attached hydrogen (secondary N) is 3. The molecule has 9 heterocycles. The van der Waals surface area contributed by atoms with Crippen molar-refractivity contribution in [2.75, 3.05) is 60.1 Å². The Labute approximate surface area is 255 Å². The van der Waals surface area contributed by atoms with Crippen LogP contribution < -0.4 is 31.5 Å². The molecule has 0 radical (unpaired) electrons. The minimum absolute atomic E-state index is 0.533. The summed E-state index contributed by atoms with van der Waals surface area (Å²) >= 11 is 0. The second-order valence-corrected chi connectivity index (χ2v) is 12.1. The maximum absolute atomic E-state index is 6.22. The molecule has 44 heavy (non-hydrogen) atoms. The highest BCUT2D eigenvalue weighted by atomic mass is 16.3. The first-order chi connectivity index (χ1) is 21.7. The summed E-state index contributed by atoms with van der Waals surface area (Å²) in [7, 11) is 0. The Morgan fingerprint density at radius 3 is 2.11 bits per heavy atom. The van der Waals surface area contributed by atoms with Gasteiger partial charge in [-0.2, -0.15) is 19.2 Å². The molecule has 13 heteroatoms. The number of anilines is 4. The predicted molar refractivity (Wildman–Crippen MR) is 170 cm³/mol. The summed E-state index contributed by atoms with van der Waals surface area (Å²) in [5, 5.41) is 19.2. The molecule has 5 aromatic heterocycles. The second kappa shape index (κ2) is 11.6. The van der Waals surface area contributed by atoms with Crippen LogP contribution in [0.25, 0.3) is 11.3 Å². The van der Waals surface area contributed by atoms with Crippen LogP contribution in [0.4, 0.5) is 23.3 Å². The number of piperidine rings is 2. The van der Waals surface area contributed by atoms with Crippen LogP contribution in [-0.4, -0.2) is 80.5 Å². The average Bonchev–Trinajstić information content (AvgIpc) is 3.91.